The van der Waals surface area contributed by atoms with Crippen molar-refractivity contribution in [1.82, 2.24) is 19.7 Å². The lowest BCUT2D eigenvalue weighted by molar-refractivity contribution is 0.0690. The molecule has 0 saturated heterocycles. The van der Waals surface area contributed by atoms with Gasteiger partial charge in [-0.15, -0.1) is 0 Å². The van der Waals surface area contributed by atoms with Crippen molar-refractivity contribution in [3.05, 3.63) is 36.0 Å². The maximum atomic E-state index is 10.6. The van der Waals surface area contributed by atoms with E-state index in [2.05, 4.69) is 15.1 Å². The molecule has 0 bridgehead atoms. The lowest BCUT2D eigenvalue weighted by Crippen LogP contribution is -2.03. The highest BCUT2D eigenvalue weighted by Gasteiger charge is 2.08. The molecule has 16 heavy (non-hydrogen) atoms. The van der Waals surface area contributed by atoms with Gasteiger partial charge < -0.3 is 5.11 Å². The molecule has 2 aromatic rings. The smallest absolute Gasteiger partial charge is 0.356 e. The molecule has 0 aliphatic rings. The zero-order chi connectivity index (χ0) is 11.5. The average Bonchev–Trinajstić information content (AvgIpc) is 2.78. The van der Waals surface area contributed by atoms with Crippen molar-refractivity contribution >= 4 is 5.97 Å². The summed E-state index contributed by atoms with van der Waals surface area (Å²) in [6.07, 6.45) is 4.09. The molecule has 1 N–H and O–H groups in total. The number of aromatic nitrogens is 4. The first-order valence-electron chi connectivity index (χ1n) is 4.22. The molecular weight excluding hydrogens is 210 g/mol. The Morgan fingerprint density at radius 2 is 2.25 bits per heavy atom. The van der Waals surface area contributed by atoms with Crippen LogP contribution in [0.25, 0.3) is 5.82 Å². The van der Waals surface area contributed by atoms with E-state index in [4.69, 9.17) is 10.4 Å². The summed E-state index contributed by atoms with van der Waals surface area (Å²) in [6.45, 7) is 0. The SMILES string of the molecule is N#Cc1cnc(-n2ccc(C(=O)O)n2)cn1. The number of hydrogen-bond acceptors (Lipinski definition) is 5. The molecule has 2 heterocycles. The summed E-state index contributed by atoms with van der Waals surface area (Å²) in [5.41, 5.74) is 0.112. The van der Waals surface area contributed by atoms with E-state index in [-0.39, 0.29) is 11.4 Å². The van der Waals surface area contributed by atoms with Crippen molar-refractivity contribution in [3.8, 4) is 11.9 Å². The molecule has 0 aliphatic carbocycles. The van der Waals surface area contributed by atoms with Gasteiger partial charge in [0, 0.05) is 6.20 Å². The van der Waals surface area contributed by atoms with E-state index in [1.165, 1.54) is 29.3 Å². The Bertz CT molecular complexity index is 566. The average molecular weight is 215 g/mol. The normalized spacial score (nSPS) is 9.69. The molecule has 7 heteroatoms. The number of carboxylic acid groups (broad SMARTS) is 1. The van der Waals surface area contributed by atoms with Crippen LogP contribution in [0, 0.1) is 11.3 Å². The monoisotopic (exact) mass is 215 g/mol. The molecule has 0 amide bonds. The van der Waals surface area contributed by atoms with Crippen LogP contribution in [-0.2, 0) is 0 Å². The Balaban J connectivity index is 2.36. The number of hydrogen-bond donors (Lipinski definition) is 1. The van der Waals surface area contributed by atoms with Gasteiger partial charge in [-0.2, -0.15) is 10.4 Å². The summed E-state index contributed by atoms with van der Waals surface area (Å²) in [7, 11) is 0. The van der Waals surface area contributed by atoms with E-state index in [9.17, 15) is 4.79 Å². The molecule has 2 aromatic heterocycles. The largest absolute Gasteiger partial charge is 0.476 e. The molecule has 0 radical (unpaired) electrons. The molecule has 2 rings (SSSR count). The van der Waals surface area contributed by atoms with Gasteiger partial charge in [0.2, 0.25) is 0 Å². The van der Waals surface area contributed by atoms with E-state index in [1.807, 2.05) is 6.07 Å². The van der Waals surface area contributed by atoms with Crippen molar-refractivity contribution in [1.29, 1.82) is 5.26 Å². The second-order valence-corrected chi connectivity index (χ2v) is 2.82. The van der Waals surface area contributed by atoms with Gasteiger partial charge >= 0.3 is 5.97 Å². The molecule has 0 fully saturated rings. The highest BCUT2D eigenvalue weighted by atomic mass is 16.4. The lowest BCUT2D eigenvalue weighted by atomic mass is 10.4. The van der Waals surface area contributed by atoms with Crippen molar-refractivity contribution in [2.45, 2.75) is 0 Å². The maximum absolute atomic E-state index is 10.6. The Morgan fingerprint density at radius 1 is 1.44 bits per heavy atom. The minimum atomic E-state index is -1.11. The van der Waals surface area contributed by atoms with E-state index in [0.717, 1.165) is 0 Å². The fourth-order valence-electron chi connectivity index (χ4n) is 1.06. The third kappa shape index (κ3) is 1.72. The molecule has 0 atom stereocenters. The molecule has 78 valence electrons. The van der Waals surface area contributed by atoms with Gasteiger partial charge in [0.25, 0.3) is 0 Å². The fraction of sp³-hybridized carbons (Fsp3) is 0. The van der Waals surface area contributed by atoms with Crippen LogP contribution in [0.3, 0.4) is 0 Å². The number of rotatable bonds is 2. The number of nitriles is 1. The van der Waals surface area contributed by atoms with Crippen molar-refractivity contribution in [2.75, 3.05) is 0 Å². The predicted octanol–water partition coefficient (Wildman–Crippen LogP) is 0.232. The van der Waals surface area contributed by atoms with Crippen molar-refractivity contribution < 1.29 is 9.90 Å². The number of carboxylic acids is 1. The Morgan fingerprint density at radius 3 is 2.75 bits per heavy atom. The van der Waals surface area contributed by atoms with Crippen LogP contribution in [-0.4, -0.2) is 30.8 Å². The van der Waals surface area contributed by atoms with E-state index >= 15 is 0 Å². The number of carbonyl (C=O) groups is 1. The minimum absolute atomic E-state index is 0.0776. The van der Waals surface area contributed by atoms with Gasteiger partial charge in [0.15, 0.2) is 17.2 Å². The van der Waals surface area contributed by atoms with Crippen molar-refractivity contribution in [2.24, 2.45) is 0 Å². The van der Waals surface area contributed by atoms with Crippen LogP contribution in [0.1, 0.15) is 16.2 Å². The molecular formula is C9H5N5O2. The molecule has 0 aromatic carbocycles. The second kappa shape index (κ2) is 3.78. The van der Waals surface area contributed by atoms with E-state index in [1.54, 1.807) is 0 Å². The Labute approximate surface area is 89.6 Å². The fourth-order valence-corrected chi connectivity index (χ4v) is 1.06. The summed E-state index contributed by atoms with van der Waals surface area (Å²) in [5.74, 6) is -0.758. The van der Waals surface area contributed by atoms with E-state index < -0.39 is 5.97 Å². The van der Waals surface area contributed by atoms with Crippen LogP contribution in [0.2, 0.25) is 0 Å². The zero-order valence-corrected chi connectivity index (χ0v) is 7.90. The van der Waals surface area contributed by atoms with Gasteiger partial charge in [-0.25, -0.2) is 19.4 Å². The molecule has 0 unspecified atom stereocenters. The van der Waals surface area contributed by atoms with Crippen LogP contribution in [0.4, 0.5) is 0 Å². The Kier molecular flexibility index (Phi) is 2.31. The maximum Gasteiger partial charge on any atom is 0.356 e. The van der Waals surface area contributed by atoms with Gasteiger partial charge in [-0.3, -0.25) is 0 Å². The summed E-state index contributed by atoms with van der Waals surface area (Å²) >= 11 is 0. The van der Waals surface area contributed by atoms with Crippen LogP contribution in [0.5, 0.6) is 0 Å². The lowest BCUT2D eigenvalue weighted by Gasteiger charge is -1.97. The molecule has 0 saturated carbocycles. The van der Waals surface area contributed by atoms with Crippen LogP contribution < -0.4 is 0 Å². The van der Waals surface area contributed by atoms with Gasteiger partial charge in [0.1, 0.15) is 6.07 Å². The minimum Gasteiger partial charge on any atom is -0.476 e. The van der Waals surface area contributed by atoms with E-state index in [0.29, 0.717) is 5.82 Å². The quantitative estimate of drug-likeness (QED) is 0.768. The van der Waals surface area contributed by atoms with Gasteiger partial charge in [-0.1, -0.05) is 0 Å². The highest BCUT2D eigenvalue weighted by molar-refractivity contribution is 5.85. The van der Waals surface area contributed by atoms with Gasteiger partial charge in [-0.05, 0) is 6.07 Å². The number of aromatic carboxylic acids is 1. The molecule has 0 spiro atoms. The summed E-state index contributed by atoms with van der Waals surface area (Å²) in [6, 6.07) is 3.18. The van der Waals surface area contributed by atoms with Crippen molar-refractivity contribution in [3.63, 3.8) is 0 Å². The zero-order valence-electron chi connectivity index (χ0n) is 7.90. The molecule has 7 nitrogen and oxygen atoms in total. The second-order valence-electron chi connectivity index (χ2n) is 2.82. The first-order valence-corrected chi connectivity index (χ1v) is 4.22. The Hall–Kier alpha value is -2.75. The standard InChI is InChI=1S/C9H5N5O2/c10-3-6-4-12-8(5-11-6)14-2-1-7(13-14)9(15)16/h1-2,4-5H,(H,15,16). The first kappa shape index (κ1) is 9.79. The topological polar surface area (TPSA) is 105 Å². The third-order valence-electron chi connectivity index (χ3n) is 1.80. The summed E-state index contributed by atoms with van der Waals surface area (Å²) < 4.78 is 1.28. The summed E-state index contributed by atoms with van der Waals surface area (Å²) in [5, 5.41) is 21.0. The van der Waals surface area contributed by atoms with Crippen LogP contribution in [0.15, 0.2) is 24.7 Å². The highest BCUT2D eigenvalue weighted by Crippen LogP contribution is 2.03. The third-order valence-corrected chi connectivity index (χ3v) is 1.80. The number of nitrogens with zero attached hydrogens (tertiary/aromatic N) is 5. The van der Waals surface area contributed by atoms with Gasteiger partial charge in [0.05, 0.1) is 12.4 Å². The summed E-state index contributed by atoms with van der Waals surface area (Å²) in [4.78, 5) is 18.3. The predicted molar refractivity (Wildman–Crippen MR) is 50.8 cm³/mol. The first-order chi connectivity index (χ1) is 7.70. The van der Waals surface area contributed by atoms with Crippen LogP contribution >= 0.6 is 0 Å². The molecule has 0 aliphatic heterocycles.